The minimum absolute atomic E-state index is 0.00627. The zero-order chi connectivity index (χ0) is 18.3. The molecule has 0 bridgehead atoms. The van der Waals surface area contributed by atoms with Crippen molar-refractivity contribution in [2.24, 2.45) is 17.3 Å². The first-order chi connectivity index (χ1) is 11.2. The summed E-state index contributed by atoms with van der Waals surface area (Å²) in [5.74, 6) is 0.477. The van der Waals surface area contributed by atoms with Crippen LogP contribution in [0.2, 0.25) is 0 Å². The van der Waals surface area contributed by atoms with Crippen LogP contribution < -0.4 is 0 Å². The average Bonchev–Trinajstić information content (AvgIpc) is 2.54. The predicted molar refractivity (Wildman–Crippen MR) is 91.7 cm³/mol. The molecule has 0 fully saturated rings. The van der Waals surface area contributed by atoms with E-state index in [9.17, 15) is 15.2 Å². The summed E-state index contributed by atoms with van der Waals surface area (Å²) in [5, 5.41) is 19.2. The number of ketones is 1. The summed E-state index contributed by atoms with van der Waals surface area (Å²) in [4.78, 5) is 12.0. The molecule has 0 heterocycles. The van der Waals surface area contributed by atoms with Crippen molar-refractivity contribution < 1.29 is 19.4 Å². The quantitative estimate of drug-likeness (QED) is 0.654. The molecule has 1 aliphatic rings. The van der Waals surface area contributed by atoms with Gasteiger partial charge in [-0.3, -0.25) is 4.79 Å². The molecule has 5 nitrogen and oxygen atoms in total. The van der Waals surface area contributed by atoms with E-state index in [1.807, 2.05) is 26.0 Å². The Morgan fingerprint density at radius 1 is 1.54 bits per heavy atom. The van der Waals surface area contributed by atoms with Crippen molar-refractivity contribution in [2.75, 3.05) is 13.7 Å². The SMILES string of the molecule is CCOC(O)CC(CC1=CC(C(C)(C)C#N)CC=C1OC)C(C)=O. The number of carbonyl (C=O) groups is 1. The summed E-state index contributed by atoms with van der Waals surface area (Å²) < 4.78 is 10.6. The Balaban J connectivity index is 2.98. The molecule has 1 aliphatic carbocycles. The number of nitriles is 1. The number of aliphatic hydroxyl groups is 1. The van der Waals surface area contributed by atoms with Crippen LogP contribution in [0.15, 0.2) is 23.5 Å². The number of methoxy groups -OCH3 is 1. The fraction of sp³-hybridized carbons (Fsp3) is 0.684. The van der Waals surface area contributed by atoms with Crippen molar-refractivity contribution in [1.82, 2.24) is 0 Å². The highest BCUT2D eigenvalue weighted by atomic mass is 16.6. The first kappa shape index (κ1) is 20.4. The van der Waals surface area contributed by atoms with Gasteiger partial charge in [-0.1, -0.05) is 6.08 Å². The topological polar surface area (TPSA) is 79.6 Å². The van der Waals surface area contributed by atoms with Crippen LogP contribution in [-0.2, 0) is 14.3 Å². The molecule has 0 spiro atoms. The number of hydrogen-bond donors (Lipinski definition) is 1. The number of aliphatic hydroxyl groups excluding tert-OH is 1. The van der Waals surface area contributed by atoms with E-state index >= 15 is 0 Å². The van der Waals surface area contributed by atoms with Crippen molar-refractivity contribution in [1.29, 1.82) is 5.26 Å². The number of nitrogens with zero attached hydrogens (tertiary/aromatic N) is 1. The Kier molecular flexibility index (Phi) is 7.65. The minimum Gasteiger partial charge on any atom is -0.497 e. The van der Waals surface area contributed by atoms with Gasteiger partial charge in [0.05, 0.1) is 18.6 Å². The molecule has 0 saturated heterocycles. The van der Waals surface area contributed by atoms with Crippen molar-refractivity contribution in [3.05, 3.63) is 23.5 Å². The molecular formula is C19H29NO4. The van der Waals surface area contributed by atoms with Crippen LogP contribution in [0.1, 0.15) is 47.0 Å². The van der Waals surface area contributed by atoms with Gasteiger partial charge in [0, 0.05) is 18.9 Å². The van der Waals surface area contributed by atoms with Crippen molar-refractivity contribution >= 4 is 5.78 Å². The van der Waals surface area contributed by atoms with Crippen LogP contribution in [0, 0.1) is 28.6 Å². The third-order valence-corrected chi connectivity index (χ3v) is 4.60. The number of rotatable bonds is 9. The lowest BCUT2D eigenvalue weighted by atomic mass is 9.74. The Bertz CT molecular complexity index is 542. The smallest absolute Gasteiger partial charge is 0.155 e. The Morgan fingerprint density at radius 3 is 2.71 bits per heavy atom. The molecule has 0 saturated carbocycles. The normalized spacial score (nSPS) is 20.5. The molecule has 0 amide bonds. The summed E-state index contributed by atoms with van der Waals surface area (Å²) in [6, 6.07) is 2.35. The van der Waals surface area contributed by atoms with Gasteiger partial charge in [-0.25, -0.2) is 0 Å². The lowest BCUT2D eigenvalue weighted by Gasteiger charge is -2.30. The van der Waals surface area contributed by atoms with Gasteiger partial charge >= 0.3 is 0 Å². The summed E-state index contributed by atoms with van der Waals surface area (Å²) in [5.41, 5.74) is 0.429. The fourth-order valence-corrected chi connectivity index (χ4v) is 2.89. The predicted octanol–water partition coefficient (Wildman–Crippen LogP) is 3.35. The van der Waals surface area contributed by atoms with Crippen LogP contribution in [0.25, 0.3) is 0 Å². The molecule has 24 heavy (non-hydrogen) atoms. The molecule has 0 aliphatic heterocycles. The average molecular weight is 335 g/mol. The monoisotopic (exact) mass is 335 g/mol. The van der Waals surface area contributed by atoms with Crippen molar-refractivity contribution in [2.45, 2.75) is 53.2 Å². The molecular weight excluding hydrogens is 306 g/mol. The van der Waals surface area contributed by atoms with Crippen LogP contribution in [0.3, 0.4) is 0 Å². The molecule has 5 heteroatoms. The second-order valence-electron chi connectivity index (χ2n) is 6.80. The molecule has 0 aromatic heterocycles. The highest BCUT2D eigenvalue weighted by Crippen LogP contribution is 2.38. The molecule has 1 N–H and O–H groups in total. The molecule has 3 unspecified atom stereocenters. The third kappa shape index (κ3) is 5.47. The van der Waals surface area contributed by atoms with Crippen molar-refractivity contribution in [3.8, 4) is 6.07 Å². The van der Waals surface area contributed by atoms with Gasteiger partial charge in [0.15, 0.2) is 6.29 Å². The Morgan fingerprint density at radius 2 is 2.21 bits per heavy atom. The van der Waals surface area contributed by atoms with E-state index in [4.69, 9.17) is 9.47 Å². The van der Waals surface area contributed by atoms with Gasteiger partial charge in [-0.2, -0.15) is 5.26 Å². The van der Waals surface area contributed by atoms with Gasteiger partial charge in [-0.15, -0.1) is 0 Å². The summed E-state index contributed by atoms with van der Waals surface area (Å²) in [7, 11) is 1.60. The maximum absolute atomic E-state index is 12.0. The van der Waals surface area contributed by atoms with Crippen LogP contribution in [0.4, 0.5) is 0 Å². The van der Waals surface area contributed by atoms with Crippen LogP contribution >= 0.6 is 0 Å². The Labute approximate surface area is 144 Å². The van der Waals surface area contributed by atoms with Crippen molar-refractivity contribution in [3.63, 3.8) is 0 Å². The van der Waals surface area contributed by atoms with E-state index in [2.05, 4.69) is 6.07 Å². The lowest BCUT2D eigenvalue weighted by molar-refractivity contribution is -0.131. The van der Waals surface area contributed by atoms with Gasteiger partial charge in [0.1, 0.15) is 11.5 Å². The molecule has 0 radical (unpaired) electrons. The summed E-state index contributed by atoms with van der Waals surface area (Å²) in [6.45, 7) is 7.56. The van der Waals surface area contributed by atoms with E-state index in [0.717, 1.165) is 17.8 Å². The van der Waals surface area contributed by atoms with Gasteiger partial charge in [-0.05, 0) is 58.1 Å². The minimum atomic E-state index is -0.950. The number of allylic oxidation sites excluding steroid dienone is 3. The Hall–Kier alpha value is -1.64. The van der Waals surface area contributed by atoms with Crippen LogP contribution in [0.5, 0.6) is 0 Å². The molecule has 1 rings (SSSR count). The summed E-state index contributed by atoms with van der Waals surface area (Å²) >= 11 is 0. The van der Waals surface area contributed by atoms with Gasteiger partial charge in [0.2, 0.25) is 0 Å². The third-order valence-electron chi connectivity index (χ3n) is 4.60. The molecule has 134 valence electrons. The van der Waals surface area contributed by atoms with Crippen LogP contribution in [-0.4, -0.2) is 30.9 Å². The number of ether oxygens (including phenoxy) is 2. The zero-order valence-electron chi connectivity index (χ0n) is 15.3. The summed E-state index contributed by atoms with van der Waals surface area (Å²) in [6.07, 6.45) is 4.54. The highest BCUT2D eigenvalue weighted by molar-refractivity contribution is 5.78. The zero-order valence-corrected chi connectivity index (χ0v) is 15.3. The van der Waals surface area contributed by atoms with Gasteiger partial charge in [0.25, 0.3) is 0 Å². The van der Waals surface area contributed by atoms with E-state index in [-0.39, 0.29) is 24.0 Å². The maximum atomic E-state index is 12.0. The second-order valence-corrected chi connectivity index (χ2v) is 6.80. The number of carbonyl (C=O) groups excluding carboxylic acids is 1. The van der Waals surface area contributed by atoms with E-state index < -0.39 is 11.7 Å². The standard InChI is InChI=1S/C19H29NO4/c1-6-24-18(22)11-14(13(2)21)9-15-10-16(19(3,4)12-20)7-8-17(15)23-5/h8,10,14,16,18,22H,6-7,9,11H2,1-5H3. The second kappa shape index (κ2) is 9.00. The first-order valence-electron chi connectivity index (χ1n) is 8.41. The van der Waals surface area contributed by atoms with Gasteiger partial charge < -0.3 is 14.6 Å². The maximum Gasteiger partial charge on any atom is 0.155 e. The molecule has 0 aromatic rings. The largest absolute Gasteiger partial charge is 0.497 e. The van der Waals surface area contributed by atoms with E-state index in [1.54, 1.807) is 14.0 Å². The van der Waals surface area contributed by atoms with E-state index in [0.29, 0.717) is 13.0 Å². The lowest BCUT2D eigenvalue weighted by Crippen LogP contribution is -2.25. The molecule has 3 atom stereocenters. The number of hydrogen-bond acceptors (Lipinski definition) is 5. The fourth-order valence-electron chi connectivity index (χ4n) is 2.89. The highest BCUT2D eigenvalue weighted by Gasteiger charge is 2.32. The number of Topliss-reactive ketones (excluding diaryl/α,β-unsaturated/α-hetero) is 1. The molecule has 0 aromatic carbocycles. The van der Waals surface area contributed by atoms with E-state index in [1.165, 1.54) is 6.92 Å². The first-order valence-corrected chi connectivity index (χ1v) is 8.41.